The van der Waals surface area contributed by atoms with Crippen molar-refractivity contribution in [3.63, 3.8) is 0 Å². The van der Waals surface area contributed by atoms with Crippen molar-refractivity contribution in [1.29, 1.82) is 0 Å². The van der Waals surface area contributed by atoms with E-state index in [1.807, 2.05) is 54.6 Å². The highest BCUT2D eigenvalue weighted by atomic mass is 32.2. The van der Waals surface area contributed by atoms with Crippen LogP contribution in [-0.4, -0.2) is 27.1 Å². The van der Waals surface area contributed by atoms with Crippen LogP contribution in [0.5, 0.6) is 0 Å². The van der Waals surface area contributed by atoms with Gasteiger partial charge in [0.15, 0.2) is 0 Å². The SMILES string of the molecule is C[S@@](=O)C[C@@H](NC(=O)c1cccc2ncccc12)c1ccccc1. The number of aromatic nitrogens is 1. The lowest BCUT2D eigenvalue weighted by molar-refractivity contribution is 0.0942. The number of benzene rings is 2. The van der Waals surface area contributed by atoms with Gasteiger partial charge in [0.05, 0.1) is 11.6 Å². The largest absolute Gasteiger partial charge is 0.344 e. The third-order valence-corrected chi connectivity index (χ3v) is 4.60. The summed E-state index contributed by atoms with van der Waals surface area (Å²) in [6.07, 6.45) is 3.35. The lowest BCUT2D eigenvalue weighted by Crippen LogP contribution is -2.32. The smallest absolute Gasteiger partial charge is 0.252 e. The summed E-state index contributed by atoms with van der Waals surface area (Å²) in [4.78, 5) is 17.1. The van der Waals surface area contributed by atoms with Crippen LogP contribution in [0.3, 0.4) is 0 Å². The molecule has 0 unspecified atom stereocenters. The summed E-state index contributed by atoms with van der Waals surface area (Å²) in [7, 11) is -1.02. The lowest BCUT2D eigenvalue weighted by atomic mass is 10.1. The molecule has 0 saturated heterocycles. The van der Waals surface area contributed by atoms with Crippen molar-refractivity contribution in [3.05, 3.63) is 78.0 Å². The molecule has 0 aliphatic rings. The van der Waals surface area contributed by atoms with Crippen molar-refractivity contribution in [2.75, 3.05) is 12.0 Å². The first-order valence-electron chi connectivity index (χ1n) is 7.65. The maximum absolute atomic E-state index is 12.8. The van der Waals surface area contributed by atoms with Gasteiger partial charge in [0.2, 0.25) is 0 Å². The molecule has 0 radical (unpaired) electrons. The number of nitrogens with one attached hydrogen (secondary N) is 1. The van der Waals surface area contributed by atoms with Gasteiger partial charge in [-0.3, -0.25) is 14.0 Å². The van der Waals surface area contributed by atoms with Gasteiger partial charge in [-0.15, -0.1) is 0 Å². The predicted molar refractivity (Wildman–Crippen MR) is 97.3 cm³/mol. The van der Waals surface area contributed by atoms with Crippen LogP contribution < -0.4 is 5.32 Å². The first-order chi connectivity index (χ1) is 11.6. The summed E-state index contributed by atoms with van der Waals surface area (Å²) < 4.78 is 11.7. The molecule has 0 bridgehead atoms. The number of pyridine rings is 1. The van der Waals surface area contributed by atoms with Crippen LogP contribution in [-0.2, 0) is 10.8 Å². The van der Waals surface area contributed by atoms with Gasteiger partial charge in [-0.2, -0.15) is 0 Å². The lowest BCUT2D eigenvalue weighted by Gasteiger charge is -2.18. The molecule has 4 nitrogen and oxygen atoms in total. The molecular formula is C19H18N2O2S. The average Bonchev–Trinajstić information content (AvgIpc) is 2.61. The van der Waals surface area contributed by atoms with Gasteiger partial charge in [-0.1, -0.05) is 42.5 Å². The Morgan fingerprint density at radius 1 is 1.08 bits per heavy atom. The molecule has 3 rings (SSSR count). The minimum atomic E-state index is -1.02. The number of amides is 1. The predicted octanol–water partition coefficient (Wildman–Crippen LogP) is 3.08. The normalized spacial score (nSPS) is 13.4. The molecule has 0 spiro atoms. The number of hydrogen-bond acceptors (Lipinski definition) is 3. The topological polar surface area (TPSA) is 59.1 Å². The molecule has 1 aromatic heterocycles. The Hall–Kier alpha value is -2.53. The maximum atomic E-state index is 12.8. The van der Waals surface area contributed by atoms with Crippen LogP contribution in [0.1, 0.15) is 22.0 Å². The van der Waals surface area contributed by atoms with E-state index in [1.54, 1.807) is 18.5 Å². The van der Waals surface area contributed by atoms with Crippen molar-refractivity contribution < 1.29 is 9.00 Å². The molecule has 1 N–H and O–H groups in total. The Balaban J connectivity index is 1.91. The fourth-order valence-corrected chi connectivity index (χ4v) is 3.42. The highest BCUT2D eigenvalue weighted by Crippen LogP contribution is 2.19. The molecule has 0 aliphatic heterocycles. The zero-order valence-electron chi connectivity index (χ0n) is 13.3. The van der Waals surface area contributed by atoms with E-state index >= 15 is 0 Å². The standard InChI is InChI=1S/C19H18N2O2S/c1-24(23)13-18(14-7-3-2-4-8-14)21-19(22)16-9-5-11-17-15(16)10-6-12-20-17/h2-12,18H,13H2,1H3,(H,21,22)/t18-,24-/m1/s1. The van der Waals surface area contributed by atoms with E-state index in [9.17, 15) is 9.00 Å². The number of nitrogens with zero attached hydrogens (tertiary/aromatic N) is 1. The van der Waals surface area contributed by atoms with Crippen molar-refractivity contribution in [2.45, 2.75) is 6.04 Å². The Kier molecular flexibility index (Phi) is 5.01. The number of fused-ring (bicyclic) bond motifs is 1. The summed E-state index contributed by atoms with van der Waals surface area (Å²) in [6.45, 7) is 0. The quantitative estimate of drug-likeness (QED) is 0.778. The zero-order chi connectivity index (χ0) is 16.9. The second-order valence-corrected chi connectivity index (χ2v) is 7.03. The fourth-order valence-electron chi connectivity index (χ4n) is 2.68. The van der Waals surface area contributed by atoms with E-state index in [0.29, 0.717) is 11.3 Å². The summed E-state index contributed by atoms with van der Waals surface area (Å²) >= 11 is 0. The molecule has 2 aromatic carbocycles. The molecule has 5 heteroatoms. The Morgan fingerprint density at radius 3 is 2.62 bits per heavy atom. The number of rotatable bonds is 5. The highest BCUT2D eigenvalue weighted by molar-refractivity contribution is 7.84. The average molecular weight is 338 g/mol. The van der Waals surface area contributed by atoms with Crippen LogP contribution in [0.15, 0.2) is 66.9 Å². The zero-order valence-corrected chi connectivity index (χ0v) is 14.1. The van der Waals surface area contributed by atoms with Crippen molar-refractivity contribution in [2.24, 2.45) is 0 Å². The van der Waals surface area contributed by atoms with E-state index in [2.05, 4.69) is 10.3 Å². The van der Waals surface area contributed by atoms with Crippen LogP contribution in [0.2, 0.25) is 0 Å². The van der Waals surface area contributed by atoms with Crippen LogP contribution >= 0.6 is 0 Å². The molecule has 1 amide bonds. The van der Waals surface area contributed by atoms with Gasteiger partial charge in [0, 0.05) is 40.0 Å². The van der Waals surface area contributed by atoms with E-state index in [1.165, 1.54) is 0 Å². The molecule has 2 atom stereocenters. The second kappa shape index (κ2) is 7.36. The molecule has 24 heavy (non-hydrogen) atoms. The minimum absolute atomic E-state index is 0.187. The highest BCUT2D eigenvalue weighted by Gasteiger charge is 2.18. The second-order valence-electron chi connectivity index (χ2n) is 5.55. The van der Waals surface area contributed by atoms with Crippen molar-refractivity contribution in [1.82, 2.24) is 10.3 Å². The maximum Gasteiger partial charge on any atom is 0.252 e. The van der Waals surface area contributed by atoms with Crippen LogP contribution in [0.25, 0.3) is 10.9 Å². The van der Waals surface area contributed by atoms with Crippen LogP contribution in [0.4, 0.5) is 0 Å². The van der Waals surface area contributed by atoms with E-state index in [4.69, 9.17) is 0 Å². The van der Waals surface area contributed by atoms with Crippen molar-refractivity contribution in [3.8, 4) is 0 Å². The van der Waals surface area contributed by atoms with Gasteiger partial charge in [0.1, 0.15) is 0 Å². The van der Waals surface area contributed by atoms with E-state index < -0.39 is 10.8 Å². The first-order valence-corrected chi connectivity index (χ1v) is 9.37. The summed E-state index contributed by atoms with van der Waals surface area (Å²) in [5.41, 5.74) is 2.29. The third kappa shape index (κ3) is 3.68. The van der Waals surface area contributed by atoms with Crippen molar-refractivity contribution >= 4 is 27.6 Å². The number of hydrogen-bond donors (Lipinski definition) is 1. The van der Waals surface area contributed by atoms with Gasteiger partial charge >= 0.3 is 0 Å². The Bertz CT molecular complexity index is 875. The summed E-state index contributed by atoms with van der Waals surface area (Å²) in [5, 5.41) is 3.82. The minimum Gasteiger partial charge on any atom is -0.344 e. The number of carbonyl (C=O) groups excluding carboxylic acids is 1. The first kappa shape index (κ1) is 16.3. The summed E-state index contributed by atoms with van der Waals surface area (Å²) in [5.74, 6) is 0.187. The fraction of sp³-hybridized carbons (Fsp3) is 0.158. The number of carbonyl (C=O) groups is 1. The molecule has 1 heterocycles. The Labute approximate surface area is 143 Å². The van der Waals surface area contributed by atoms with Gasteiger partial charge in [-0.25, -0.2) is 0 Å². The van der Waals surface area contributed by atoms with Gasteiger partial charge in [-0.05, 0) is 23.8 Å². The molecule has 0 fully saturated rings. The monoisotopic (exact) mass is 338 g/mol. The molecule has 0 aliphatic carbocycles. The van der Waals surface area contributed by atoms with Gasteiger partial charge < -0.3 is 5.32 Å². The summed E-state index contributed by atoms with van der Waals surface area (Å²) in [6, 6.07) is 18.5. The van der Waals surface area contributed by atoms with E-state index in [-0.39, 0.29) is 11.9 Å². The van der Waals surface area contributed by atoms with Crippen LogP contribution in [0, 0.1) is 0 Å². The Morgan fingerprint density at radius 2 is 1.88 bits per heavy atom. The van der Waals surface area contributed by atoms with Gasteiger partial charge in [0.25, 0.3) is 5.91 Å². The van der Waals surface area contributed by atoms with E-state index in [0.717, 1.165) is 16.5 Å². The molecule has 122 valence electrons. The molecular weight excluding hydrogens is 320 g/mol. The molecule has 0 saturated carbocycles. The molecule has 3 aromatic rings. The third-order valence-electron chi connectivity index (χ3n) is 3.80.